The Bertz CT molecular complexity index is 1520. The average Bonchev–Trinajstić information content (AvgIpc) is 3.24. The van der Waals surface area contributed by atoms with Gasteiger partial charge in [0.15, 0.2) is 5.65 Å². The summed E-state index contributed by atoms with van der Waals surface area (Å²) in [5.41, 5.74) is 5.18. The van der Waals surface area contributed by atoms with Crippen molar-refractivity contribution in [2.45, 2.75) is 71.1 Å². The van der Waals surface area contributed by atoms with Crippen molar-refractivity contribution in [2.75, 3.05) is 25.4 Å². The predicted octanol–water partition coefficient (Wildman–Crippen LogP) is 5.70. The number of benzene rings is 2. The largest absolute Gasteiger partial charge is 0.339 e. The molecule has 1 aliphatic heterocycles. The highest BCUT2D eigenvalue weighted by Crippen LogP contribution is 2.29. The van der Waals surface area contributed by atoms with Gasteiger partial charge in [0.1, 0.15) is 5.52 Å². The average molecular weight is 573 g/mol. The molecule has 1 unspecified atom stereocenters. The van der Waals surface area contributed by atoms with Gasteiger partial charge in [-0.05, 0) is 50.3 Å². The van der Waals surface area contributed by atoms with Gasteiger partial charge in [0, 0.05) is 56.2 Å². The van der Waals surface area contributed by atoms with Crippen LogP contribution in [-0.4, -0.2) is 72.8 Å². The Morgan fingerprint density at radius 2 is 1.83 bits per heavy atom. The molecule has 5 rings (SSSR count). The minimum Gasteiger partial charge on any atom is -0.339 e. The van der Waals surface area contributed by atoms with Crippen molar-refractivity contribution in [1.82, 2.24) is 29.5 Å². The van der Waals surface area contributed by atoms with E-state index in [0.717, 1.165) is 40.7 Å². The zero-order valence-corrected chi connectivity index (χ0v) is 25.4. The third kappa shape index (κ3) is 6.89. The lowest BCUT2D eigenvalue weighted by atomic mass is 10.1. The number of aromatic nitrogens is 4. The van der Waals surface area contributed by atoms with Crippen LogP contribution in [-0.2, 0) is 16.1 Å². The molecule has 1 saturated heterocycles. The monoisotopic (exact) mass is 572 g/mol. The zero-order valence-electron chi connectivity index (χ0n) is 24.5. The maximum atomic E-state index is 12.9. The van der Waals surface area contributed by atoms with E-state index in [2.05, 4.69) is 78.0 Å². The number of rotatable bonds is 10. The van der Waals surface area contributed by atoms with Gasteiger partial charge in [0.2, 0.25) is 17.0 Å². The molecule has 41 heavy (non-hydrogen) atoms. The fourth-order valence-electron chi connectivity index (χ4n) is 5.56. The standard InChI is InChI=1S/C32H40N6O2S/c1-22(2)18-29(40)37-16-15-36(20-24(37)4)28(39)12-8-9-17-41-32-33-31-30(34-35-32)26-19-23(3)13-14-27(26)38(31)21-25-10-6-5-7-11-25/h5-7,10-11,13-14,19,22,24H,8-9,12,15-18,20-21H2,1-4H3. The summed E-state index contributed by atoms with van der Waals surface area (Å²) in [5.74, 6) is 1.55. The zero-order chi connectivity index (χ0) is 28.9. The van der Waals surface area contributed by atoms with Crippen molar-refractivity contribution in [3.8, 4) is 0 Å². The van der Waals surface area contributed by atoms with E-state index >= 15 is 0 Å². The second-order valence-corrected chi connectivity index (χ2v) is 12.6. The van der Waals surface area contributed by atoms with Gasteiger partial charge >= 0.3 is 0 Å². The molecule has 2 amide bonds. The lowest BCUT2D eigenvalue weighted by molar-refractivity contribution is -0.143. The van der Waals surface area contributed by atoms with Crippen LogP contribution < -0.4 is 0 Å². The molecule has 0 bridgehead atoms. The smallest absolute Gasteiger partial charge is 0.223 e. The molecule has 9 heteroatoms. The van der Waals surface area contributed by atoms with Crippen LogP contribution in [0.2, 0.25) is 0 Å². The maximum Gasteiger partial charge on any atom is 0.223 e. The minimum atomic E-state index is 0.0653. The molecule has 0 spiro atoms. The van der Waals surface area contributed by atoms with E-state index in [1.54, 1.807) is 11.8 Å². The first-order valence-corrected chi connectivity index (χ1v) is 15.7. The Hall–Kier alpha value is -3.46. The van der Waals surface area contributed by atoms with Crippen molar-refractivity contribution in [2.24, 2.45) is 5.92 Å². The lowest BCUT2D eigenvalue weighted by Crippen LogP contribution is -2.55. The van der Waals surface area contributed by atoms with Gasteiger partial charge in [-0.1, -0.05) is 67.6 Å². The van der Waals surface area contributed by atoms with E-state index < -0.39 is 0 Å². The summed E-state index contributed by atoms with van der Waals surface area (Å²) in [5, 5.41) is 10.8. The fourth-order valence-corrected chi connectivity index (χ4v) is 6.34. The van der Waals surface area contributed by atoms with Crippen molar-refractivity contribution in [1.29, 1.82) is 0 Å². The Labute approximate surface area is 246 Å². The number of hydrogen-bond acceptors (Lipinski definition) is 6. The quantitative estimate of drug-likeness (QED) is 0.179. The number of fused-ring (bicyclic) bond motifs is 3. The van der Waals surface area contributed by atoms with Gasteiger partial charge in [-0.3, -0.25) is 9.59 Å². The van der Waals surface area contributed by atoms with Crippen LogP contribution in [0.4, 0.5) is 0 Å². The number of aryl methyl sites for hydroxylation is 1. The number of amides is 2. The highest BCUT2D eigenvalue weighted by Gasteiger charge is 2.29. The highest BCUT2D eigenvalue weighted by atomic mass is 32.2. The van der Waals surface area contributed by atoms with Gasteiger partial charge in [-0.2, -0.15) is 0 Å². The number of piperazine rings is 1. The van der Waals surface area contributed by atoms with E-state index in [0.29, 0.717) is 50.1 Å². The maximum absolute atomic E-state index is 12.9. The molecule has 2 aromatic carbocycles. The van der Waals surface area contributed by atoms with Crippen molar-refractivity contribution in [3.63, 3.8) is 0 Å². The molecule has 216 valence electrons. The van der Waals surface area contributed by atoms with Gasteiger partial charge < -0.3 is 14.4 Å². The van der Waals surface area contributed by atoms with Crippen molar-refractivity contribution < 1.29 is 9.59 Å². The van der Waals surface area contributed by atoms with Crippen LogP contribution >= 0.6 is 11.8 Å². The predicted molar refractivity (Wildman–Crippen MR) is 165 cm³/mol. The summed E-state index contributed by atoms with van der Waals surface area (Å²) in [4.78, 5) is 34.1. The van der Waals surface area contributed by atoms with E-state index in [1.807, 2.05) is 22.8 Å². The molecule has 3 heterocycles. The number of nitrogens with zero attached hydrogens (tertiary/aromatic N) is 6. The third-order valence-corrected chi connectivity index (χ3v) is 8.61. The van der Waals surface area contributed by atoms with Crippen molar-refractivity contribution >= 4 is 45.6 Å². The highest BCUT2D eigenvalue weighted by molar-refractivity contribution is 7.99. The molecule has 1 atom stereocenters. The number of hydrogen-bond donors (Lipinski definition) is 0. The van der Waals surface area contributed by atoms with Crippen LogP contribution in [0.25, 0.3) is 22.1 Å². The summed E-state index contributed by atoms with van der Waals surface area (Å²) in [6, 6.07) is 16.9. The first kappa shape index (κ1) is 29.0. The molecule has 0 saturated carbocycles. The van der Waals surface area contributed by atoms with Gasteiger partial charge in [-0.25, -0.2) is 4.98 Å². The number of carbonyl (C=O) groups is 2. The SMILES string of the molecule is Cc1ccc2c(c1)c1nnc(SCCCCC(=O)N3CCN(C(=O)CC(C)C)C(C)C3)nc1n2Cc1ccccc1. The molecule has 1 aliphatic rings. The molecule has 0 radical (unpaired) electrons. The van der Waals surface area contributed by atoms with Gasteiger partial charge in [-0.15, -0.1) is 10.2 Å². The molecule has 4 aromatic rings. The second kappa shape index (κ2) is 13.0. The van der Waals surface area contributed by atoms with Crippen LogP contribution in [0.1, 0.15) is 57.6 Å². The summed E-state index contributed by atoms with van der Waals surface area (Å²) in [7, 11) is 0. The number of thioether (sulfide) groups is 1. The molecule has 2 aromatic heterocycles. The molecule has 0 aliphatic carbocycles. The minimum absolute atomic E-state index is 0.0653. The number of carbonyl (C=O) groups excluding carboxylic acids is 2. The Morgan fingerprint density at radius 1 is 1.02 bits per heavy atom. The molecule has 0 N–H and O–H groups in total. The van der Waals surface area contributed by atoms with E-state index in [9.17, 15) is 9.59 Å². The molecule has 1 fully saturated rings. The number of unbranched alkanes of at least 4 members (excludes halogenated alkanes) is 1. The molecular weight excluding hydrogens is 532 g/mol. The van der Waals surface area contributed by atoms with E-state index in [-0.39, 0.29) is 17.9 Å². The fraction of sp³-hybridized carbons (Fsp3) is 0.469. The van der Waals surface area contributed by atoms with E-state index in [4.69, 9.17) is 4.98 Å². The van der Waals surface area contributed by atoms with Gasteiger partial charge in [0.25, 0.3) is 0 Å². The third-order valence-electron chi connectivity index (χ3n) is 7.69. The second-order valence-electron chi connectivity index (χ2n) is 11.5. The lowest BCUT2D eigenvalue weighted by Gasteiger charge is -2.40. The Kier molecular flexibility index (Phi) is 9.22. The summed E-state index contributed by atoms with van der Waals surface area (Å²) in [6.07, 6.45) is 2.80. The first-order chi connectivity index (χ1) is 19.8. The molecular formula is C32H40N6O2S. The van der Waals surface area contributed by atoms with Gasteiger partial charge in [0.05, 0.1) is 5.52 Å². The Morgan fingerprint density at radius 3 is 2.59 bits per heavy atom. The van der Waals surface area contributed by atoms with Crippen molar-refractivity contribution in [3.05, 3.63) is 59.7 Å². The summed E-state index contributed by atoms with van der Waals surface area (Å²) >= 11 is 1.59. The normalized spacial score (nSPS) is 15.8. The van der Waals surface area contributed by atoms with E-state index in [1.165, 1.54) is 11.1 Å². The van der Waals surface area contributed by atoms with Crippen LogP contribution in [0.15, 0.2) is 53.7 Å². The molecule has 8 nitrogen and oxygen atoms in total. The van der Waals surface area contributed by atoms with Crippen LogP contribution in [0, 0.1) is 12.8 Å². The first-order valence-electron chi connectivity index (χ1n) is 14.7. The summed E-state index contributed by atoms with van der Waals surface area (Å²) in [6.45, 7) is 10.8. The Balaban J connectivity index is 1.16. The summed E-state index contributed by atoms with van der Waals surface area (Å²) < 4.78 is 2.23. The van der Waals surface area contributed by atoms with Crippen LogP contribution in [0.5, 0.6) is 0 Å². The topological polar surface area (TPSA) is 84.2 Å². The van der Waals surface area contributed by atoms with Crippen LogP contribution in [0.3, 0.4) is 0 Å².